The maximum atomic E-state index is 12.9. The Morgan fingerprint density at radius 2 is 2.04 bits per heavy atom. The number of halogens is 1. The first kappa shape index (κ1) is 18.3. The molecule has 0 radical (unpaired) electrons. The summed E-state index contributed by atoms with van der Waals surface area (Å²) in [5.41, 5.74) is 0.807. The van der Waals surface area contributed by atoms with Gasteiger partial charge in [-0.05, 0) is 45.9 Å². The van der Waals surface area contributed by atoms with Gasteiger partial charge in [-0.3, -0.25) is 4.79 Å². The van der Waals surface area contributed by atoms with Crippen LogP contribution in [0.1, 0.15) is 30.1 Å². The van der Waals surface area contributed by atoms with Gasteiger partial charge in [0.2, 0.25) is 5.88 Å². The lowest BCUT2D eigenvalue weighted by molar-refractivity contribution is 0.0583. The Kier molecular flexibility index (Phi) is 6.37. The molecule has 0 unspecified atom stereocenters. The highest BCUT2D eigenvalue weighted by molar-refractivity contribution is 9.10. The molecule has 1 amide bonds. The first-order chi connectivity index (χ1) is 12.2. The van der Waals surface area contributed by atoms with Gasteiger partial charge in [-0.15, -0.1) is 11.8 Å². The lowest BCUT2D eigenvalue weighted by atomic mass is 10.1. The summed E-state index contributed by atoms with van der Waals surface area (Å²) in [4.78, 5) is 20.1. The van der Waals surface area contributed by atoms with Crippen LogP contribution in [0.3, 0.4) is 0 Å². The molecule has 0 saturated carbocycles. The number of hydrogen-bond acceptors (Lipinski definition) is 4. The average molecular weight is 421 g/mol. The lowest BCUT2D eigenvalue weighted by Gasteiger charge is -2.32. The zero-order valence-corrected chi connectivity index (χ0v) is 16.6. The maximum Gasteiger partial charge on any atom is 0.254 e. The largest absolute Gasteiger partial charge is 0.473 e. The number of nitrogens with zero attached hydrogens (tertiary/aromatic N) is 2. The number of aromatic nitrogens is 1. The number of rotatable bonds is 5. The van der Waals surface area contributed by atoms with Gasteiger partial charge in [-0.2, -0.15) is 0 Å². The molecule has 0 spiro atoms. The number of likely N-dealkylation sites (tertiary alicyclic amines) is 1. The summed E-state index contributed by atoms with van der Waals surface area (Å²) < 4.78 is 6.84. The molecule has 4 nitrogen and oxygen atoms in total. The number of carbonyl (C=O) groups is 1. The Balaban J connectivity index is 1.61. The smallest absolute Gasteiger partial charge is 0.254 e. The standard InChI is InChI=1S/C19H21BrN2O2S/c1-2-25-17-8-4-3-6-15(17)19(23)22-12-9-14(10-13-22)24-18-16(20)7-5-11-21-18/h3-8,11,14H,2,9-10,12-13H2,1H3. The van der Waals surface area contributed by atoms with Crippen molar-refractivity contribution in [2.45, 2.75) is 30.8 Å². The molecule has 6 heteroatoms. The highest BCUT2D eigenvalue weighted by atomic mass is 79.9. The van der Waals surface area contributed by atoms with Crippen LogP contribution in [0, 0.1) is 0 Å². The third-order valence-corrected chi connectivity index (χ3v) is 5.71. The molecule has 2 aromatic rings. The Morgan fingerprint density at radius 1 is 1.28 bits per heavy atom. The highest BCUT2D eigenvalue weighted by Gasteiger charge is 2.26. The quantitative estimate of drug-likeness (QED) is 0.660. The van der Waals surface area contributed by atoms with E-state index in [0.29, 0.717) is 19.0 Å². The van der Waals surface area contributed by atoms with E-state index in [9.17, 15) is 4.79 Å². The molecule has 0 bridgehead atoms. The molecule has 132 valence electrons. The number of hydrogen-bond donors (Lipinski definition) is 0. The van der Waals surface area contributed by atoms with Gasteiger partial charge in [0.1, 0.15) is 6.10 Å². The fourth-order valence-corrected chi connectivity index (χ4v) is 4.03. The molecule has 25 heavy (non-hydrogen) atoms. The summed E-state index contributed by atoms with van der Waals surface area (Å²) in [5.74, 6) is 1.70. The highest BCUT2D eigenvalue weighted by Crippen LogP contribution is 2.27. The van der Waals surface area contributed by atoms with Crippen LogP contribution in [-0.4, -0.2) is 40.7 Å². The van der Waals surface area contributed by atoms with E-state index >= 15 is 0 Å². The summed E-state index contributed by atoms with van der Waals surface area (Å²) in [6, 6.07) is 11.7. The van der Waals surface area contributed by atoms with Gasteiger partial charge < -0.3 is 9.64 Å². The van der Waals surface area contributed by atoms with E-state index < -0.39 is 0 Å². The minimum absolute atomic E-state index is 0.0931. The molecule has 0 aliphatic carbocycles. The minimum atomic E-state index is 0.0931. The molecular formula is C19H21BrN2O2S. The van der Waals surface area contributed by atoms with Crippen LogP contribution in [0.15, 0.2) is 52.0 Å². The van der Waals surface area contributed by atoms with Gasteiger partial charge in [0.15, 0.2) is 0 Å². The molecule has 0 N–H and O–H groups in total. The van der Waals surface area contributed by atoms with Crippen LogP contribution in [0.5, 0.6) is 5.88 Å². The topological polar surface area (TPSA) is 42.4 Å². The summed E-state index contributed by atoms with van der Waals surface area (Å²) in [5, 5.41) is 0. The van der Waals surface area contributed by atoms with Crippen molar-refractivity contribution in [3.05, 3.63) is 52.6 Å². The van der Waals surface area contributed by atoms with E-state index in [2.05, 4.69) is 27.8 Å². The van der Waals surface area contributed by atoms with E-state index in [1.807, 2.05) is 41.3 Å². The zero-order chi connectivity index (χ0) is 17.6. The molecule has 1 saturated heterocycles. The summed E-state index contributed by atoms with van der Waals surface area (Å²) in [7, 11) is 0. The molecule has 0 atom stereocenters. The Labute approximate surface area is 161 Å². The van der Waals surface area contributed by atoms with Gasteiger partial charge in [-0.1, -0.05) is 19.1 Å². The number of thioether (sulfide) groups is 1. The molecule has 3 rings (SSSR count). The predicted octanol–water partition coefficient (Wildman–Crippen LogP) is 4.64. The predicted molar refractivity (Wildman–Crippen MR) is 104 cm³/mol. The zero-order valence-electron chi connectivity index (χ0n) is 14.2. The SMILES string of the molecule is CCSc1ccccc1C(=O)N1CCC(Oc2ncccc2Br)CC1. The molecule has 2 heterocycles. The third kappa shape index (κ3) is 4.55. The van der Waals surface area contributed by atoms with Gasteiger partial charge in [0.25, 0.3) is 5.91 Å². The van der Waals surface area contributed by atoms with Crippen LogP contribution in [0.25, 0.3) is 0 Å². The second-order valence-electron chi connectivity index (χ2n) is 5.83. The molecular weight excluding hydrogens is 400 g/mol. The second kappa shape index (κ2) is 8.72. The number of benzene rings is 1. The minimum Gasteiger partial charge on any atom is -0.473 e. The van der Waals surface area contributed by atoms with Crippen molar-refractivity contribution in [1.29, 1.82) is 0 Å². The number of amides is 1. The fourth-order valence-electron chi connectivity index (χ4n) is 2.89. The number of piperidine rings is 1. The molecule has 1 aromatic heterocycles. The Bertz CT molecular complexity index is 733. The third-order valence-electron chi connectivity index (χ3n) is 4.15. The van der Waals surface area contributed by atoms with Crippen LogP contribution in [-0.2, 0) is 0 Å². The molecule has 1 aliphatic heterocycles. The fraction of sp³-hybridized carbons (Fsp3) is 0.368. The van der Waals surface area contributed by atoms with Crippen LogP contribution >= 0.6 is 27.7 Å². The Hall–Kier alpha value is -1.53. The van der Waals surface area contributed by atoms with Crippen molar-refractivity contribution in [2.24, 2.45) is 0 Å². The Morgan fingerprint density at radius 3 is 2.76 bits per heavy atom. The molecule has 1 aromatic carbocycles. The first-order valence-corrected chi connectivity index (χ1v) is 10.2. The van der Waals surface area contributed by atoms with Crippen molar-refractivity contribution in [3.8, 4) is 5.88 Å². The number of carbonyl (C=O) groups excluding carboxylic acids is 1. The average Bonchev–Trinajstić information content (AvgIpc) is 2.64. The van der Waals surface area contributed by atoms with E-state index in [-0.39, 0.29) is 12.0 Å². The summed E-state index contributed by atoms with van der Waals surface area (Å²) in [6.07, 6.45) is 3.45. The lowest BCUT2D eigenvalue weighted by Crippen LogP contribution is -2.42. The van der Waals surface area contributed by atoms with Crippen LogP contribution in [0.4, 0.5) is 0 Å². The van der Waals surface area contributed by atoms with Crippen LogP contribution < -0.4 is 4.74 Å². The monoisotopic (exact) mass is 420 g/mol. The van der Waals surface area contributed by atoms with Gasteiger partial charge in [-0.25, -0.2) is 4.98 Å². The van der Waals surface area contributed by atoms with Crippen molar-refractivity contribution >= 4 is 33.6 Å². The first-order valence-electron chi connectivity index (χ1n) is 8.47. The van der Waals surface area contributed by atoms with Crippen LogP contribution in [0.2, 0.25) is 0 Å². The van der Waals surface area contributed by atoms with E-state index in [1.54, 1.807) is 18.0 Å². The molecule has 1 fully saturated rings. The maximum absolute atomic E-state index is 12.9. The van der Waals surface area contributed by atoms with Gasteiger partial charge in [0, 0.05) is 37.0 Å². The van der Waals surface area contributed by atoms with E-state index in [0.717, 1.165) is 33.5 Å². The van der Waals surface area contributed by atoms with Crippen molar-refractivity contribution < 1.29 is 9.53 Å². The second-order valence-corrected chi connectivity index (χ2v) is 7.99. The van der Waals surface area contributed by atoms with Crippen molar-refractivity contribution in [2.75, 3.05) is 18.8 Å². The van der Waals surface area contributed by atoms with E-state index in [1.165, 1.54) is 0 Å². The normalized spacial score (nSPS) is 15.2. The van der Waals surface area contributed by atoms with Crippen molar-refractivity contribution in [3.63, 3.8) is 0 Å². The van der Waals surface area contributed by atoms with Crippen molar-refractivity contribution in [1.82, 2.24) is 9.88 Å². The number of ether oxygens (including phenoxy) is 1. The van der Waals surface area contributed by atoms with E-state index in [4.69, 9.17) is 4.74 Å². The van der Waals surface area contributed by atoms with Gasteiger partial charge in [0.05, 0.1) is 10.0 Å². The van der Waals surface area contributed by atoms with Gasteiger partial charge >= 0.3 is 0 Å². The number of pyridine rings is 1. The molecule has 1 aliphatic rings. The summed E-state index contributed by atoms with van der Waals surface area (Å²) >= 11 is 5.17. The summed E-state index contributed by atoms with van der Waals surface area (Å²) in [6.45, 7) is 3.52.